The lowest BCUT2D eigenvalue weighted by Crippen LogP contribution is -2.45. The van der Waals surface area contributed by atoms with Gasteiger partial charge < -0.3 is 10.1 Å². The molecule has 146 valence electrons. The van der Waals surface area contributed by atoms with Gasteiger partial charge in [-0.1, -0.05) is 24.3 Å². The summed E-state index contributed by atoms with van der Waals surface area (Å²) >= 11 is 1.20. The molecule has 27 heavy (non-hydrogen) atoms. The smallest absolute Gasteiger partial charge is 0.252 e. The van der Waals surface area contributed by atoms with Gasteiger partial charge in [-0.05, 0) is 37.3 Å². The Morgan fingerprint density at radius 1 is 1.30 bits per heavy atom. The second-order valence-corrected chi connectivity index (χ2v) is 9.72. The van der Waals surface area contributed by atoms with Crippen LogP contribution < -0.4 is 10.1 Å². The van der Waals surface area contributed by atoms with Crippen LogP contribution in [-0.4, -0.2) is 38.8 Å². The number of carbonyl (C=O) groups excluding carboxylic acids is 1. The van der Waals surface area contributed by atoms with E-state index in [1.165, 1.54) is 15.6 Å². The van der Waals surface area contributed by atoms with E-state index >= 15 is 0 Å². The highest BCUT2D eigenvalue weighted by Gasteiger charge is 2.34. The summed E-state index contributed by atoms with van der Waals surface area (Å²) in [6.45, 7) is 2.57. The van der Waals surface area contributed by atoms with Crippen LogP contribution in [0.25, 0.3) is 0 Å². The normalized spacial score (nSPS) is 19.4. The number of amides is 1. The summed E-state index contributed by atoms with van der Waals surface area (Å²) in [6.07, 6.45) is 1.35. The zero-order valence-corrected chi connectivity index (χ0v) is 17.1. The monoisotopic (exact) mass is 408 g/mol. The van der Waals surface area contributed by atoms with Crippen LogP contribution in [0.3, 0.4) is 0 Å². The average molecular weight is 409 g/mol. The second-order valence-electron chi connectivity index (χ2n) is 6.61. The molecule has 0 unspecified atom stereocenters. The molecule has 0 bridgehead atoms. The van der Waals surface area contributed by atoms with Crippen LogP contribution in [0.4, 0.5) is 0 Å². The summed E-state index contributed by atoms with van der Waals surface area (Å²) in [5.41, 5.74) is 0.896. The molecule has 2 atom stereocenters. The Kier molecular flexibility index (Phi) is 6.18. The molecule has 1 amide bonds. The minimum Gasteiger partial charge on any atom is -0.496 e. The Hall–Kier alpha value is -1.90. The van der Waals surface area contributed by atoms with Crippen molar-refractivity contribution in [3.63, 3.8) is 0 Å². The van der Waals surface area contributed by atoms with Gasteiger partial charge in [0.2, 0.25) is 5.91 Å². The predicted molar refractivity (Wildman–Crippen MR) is 105 cm³/mol. The molecule has 8 heteroatoms. The van der Waals surface area contributed by atoms with Gasteiger partial charge in [-0.25, -0.2) is 8.42 Å². The first-order valence-corrected chi connectivity index (χ1v) is 11.2. The number of thiophene rings is 1. The SMILES string of the molecule is COc1ccccc1[C@H](C)NC(=O)[C@H]1CCCN(S(=O)(=O)c2cccs2)C1. The van der Waals surface area contributed by atoms with E-state index in [1.54, 1.807) is 24.6 Å². The van der Waals surface area contributed by atoms with Gasteiger partial charge in [-0.15, -0.1) is 11.3 Å². The number of para-hydroxylation sites is 1. The fourth-order valence-electron chi connectivity index (χ4n) is 3.35. The van der Waals surface area contributed by atoms with Crippen molar-refractivity contribution < 1.29 is 17.9 Å². The number of rotatable bonds is 6. The maximum Gasteiger partial charge on any atom is 0.252 e. The van der Waals surface area contributed by atoms with Crippen LogP contribution >= 0.6 is 11.3 Å². The van der Waals surface area contributed by atoms with Crippen LogP contribution in [0, 0.1) is 5.92 Å². The molecule has 1 saturated heterocycles. The van der Waals surface area contributed by atoms with Gasteiger partial charge in [0.05, 0.1) is 19.1 Å². The number of ether oxygens (including phenoxy) is 1. The molecular formula is C19H24N2O4S2. The Bertz CT molecular complexity index is 881. The fourth-order valence-corrected chi connectivity index (χ4v) is 6.01. The Morgan fingerprint density at radius 3 is 2.78 bits per heavy atom. The molecule has 2 aromatic rings. The molecule has 1 N–H and O–H groups in total. The van der Waals surface area contributed by atoms with Gasteiger partial charge in [0.1, 0.15) is 9.96 Å². The van der Waals surface area contributed by atoms with E-state index in [0.29, 0.717) is 23.6 Å². The van der Waals surface area contributed by atoms with E-state index in [0.717, 1.165) is 11.3 Å². The summed E-state index contributed by atoms with van der Waals surface area (Å²) in [4.78, 5) is 12.8. The van der Waals surface area contributed by atoms with Gasteiger partial charge in [0.15, 0.2) is 0 Å². The van der Waals surface area contributed by atoms with Crippen molar-refractivity contribution in [2.75, 3.05) is 20.2 Å². The quantitative estimate of drug-likeness (QED) is 0.797. The maximum absolute atomic E-state index is 12.8. The fraction of sp³-hybridized carbons (Fsp3) is 0.421. The zero-order chi connectivity index (χ0) is 19.4. The number of nitrogens with one attached hydrogen (secondary N) is 1. The summed E-state index contributed by atoms with van der Waals surface area (Å²) < 4.78 is 32.6. The van der Waals surface area contributed by atoms with Crippen LogP contribution in [-0.2, 0) is 14.8 Å². The molecular weight excluding hydrogens is 384 g/mol. The molecule has 0 radical (unpaired) electrons. The second kappa shape index (κ2) is 8.41. The van der Waals surface area contributed by atoms with E-state index in [-0.39, 0.29) is 24.4 Å². The first kappa shape index (κ1) is 19.9. The van der Waals surface area contributed by atoms with Crippen molar-refractivity contribution in [2.45, 2.75) is 30.0 Å². The summed E-state index contributed by atoms with van der Waals surface area (Å²) in [7, 11) is -1.93. The van der Waals surface area contributed by atoms with Gasteiger partial charge in [-0.2, -0.15) is 4.31 Å². The van der Waals surface area contributed by atoms with E-state index in [2.05, 4.69) is 5.32 Å². The van der Waals surface area contributed by atoms with Gasteiger partial charge in [0, 0.05) is 18.7 Å². The van der Waals surface area contributed by atoms with E-state index in [1.807, 2.05) is 31.2 Å². The average Bonchev–Trinajstić information content (AvgIpc) is 3.23. The van der Waals surface area contributed by atoms with Crippen LogP contribution in [0.2, 0.25) is 0 Å². The lowest BCUT2D eigenvalue weighted by Gasteiger charge is -2.31. The highest BCUT2D eigenvalue weighted by atomic mass is 32.2. The molecule has 1 fully saturated rings. The van der Waals surface area contributed by atoms with Crippen molar-refractivity contribution in [3.8, 4) is 5.75 Å². The van der Waals surface area contributed by atoms with Gasteiger partial charge >= 0.3 is 0 Å². The van der Waals surface area contributed by atoms with Crippen LogP contribution in [0.1, 0.15) is 31.4 Å². The third-order valence-corrected chi connectivity index (χ3v) is 8.05. The van der Waals surface area contributed by atoms with Crippen molar-refractivity contribution >= 4 is 27.3 Å². The Morgan fingerprint density at radius 2 is 2.07 bits per heavy atom. The molecule has 1 aromatic heterocycles. The molecule has 3 rings (SSSR count). The summed E-state index contributed by atoms with van der Waals surface area (Å²) in [6, 6.07) is 10.7. The molecule has 0 saturated carbocycles. The Labute approximate surface area is 164 Å². The van der Waals surface area contributed by atoms with Crippen molar-refractivity contribution in [2.24, 2.45) is 5.92 Å². The molecule has 1 aliphatic heterocycles. The molecule has 1 aliphatic rings. The van der Waals surface area contributed by atoms with E-state index in [4.69, 9.17) is 4.74 Å². The standard InChI is InChI=1S/C19H24N2O4S2/c1-14(16-8-3-4-9-17(16)25-2)20-19(22)15-7-5-11-21(13-15)27(23,24)18-10-6-12-26-18/h3-4,6,8-10,12,14-15H,5,7,11,13H2,1-2H3,(H,20,22)/t14-,15-/m0/s1. The number of hydrogen-bond donors (Lipinski definition) is 1. The number of piperidine rings is 1. The van der Waals surface area contributed by atoms with E-state index in [9.17, 15) is 13.2 Å². The summed E-state index contributed by atoms with van der Waals surface area (Å²) in [5, 5.41) is 4.76. The number of carbonyl (C=O) groups is 1. The number of nitrogens with zero attached hydrogens (tertiary/aromatic N) is 1. The molecule has 1 aromatic carbocycles. The van der Waals surface area contributed by atoms with E-state index < -0.39 is 10.0 Å². The zero-order valence-electron chi connectivity index (χ0n) is 15.4. The highest BCUT2D eigenvalue weighted by Crippen LogP contribution is 2.28. The minimum atomic E-state index is -3.52. The number of sulfonamides is 1. The van der Waals surface area contributed by atoms with Gasteiger partial charge in [0.25, 0.3) is 10.0 Å². The van der Waals surface area contributed by atoms with Crippen LogP contribution in [0.5, 0.6) is 5.75 Å². The number of benzene rings is 1. The van der Waals surface area contributed by atoms with Crippen molar-refractivity contribution in [1.82, 2.24) is 9.62 Å². The van der Waals surface area contributed by atoms with Gasteiger partial charge in [-0.3, -0.25) is 4.79 Å². The molecule has 0 aliphatic carbocycles. The first-order chi connectivity index (χ1) is 12.9. The first-order valence-electron chi connectivity index (χ1n) is 8.90. The topological polar surface area (TPSA) is 75.7 Å². The number of hydrogen-bond acceptors (Lipinski definition) is 5. The van der Waals surface area contributed by atoms with Crippen molar-refractivity contribution in [3.05, 3.63) is 47.3 Å². The highest BCUT2D eigenvalue weighted by molar-refractivity contribution is 7.91. The third-order valence-electron chi connectivity index (χ3n) is 4.81. The summed E-state index contributed by atoms with van der Waals surface area (Å²) in [5.74, 6) is 0.237. The largest absolute Gasteiger partial charge is 0.496 e. The molecule has 2 heterocycles. The van der Waals surface area contributed by atoms with Crippen LogP contribution in [0.15, 0.2) is 46.0 Å². The number of methoxy groups -OCH3 is 1. The lowest BCUT2D eigenvalue weighted by atomic mass is 9.97. The predicted octanol–water partition coefficient (Wildman–Crippen LogP) is 3.03. The maximum atomic E-state index is 12.8. The lowest BCUT2D eigenvalue weighted by molar-refractivity contribution is -0.126. The molecule has 0 spiro atoms. The molecule has 6 nitrogen and oxygen atoms in total. The van der Waals surface area contributed by atoms with Crippen molar-refractivity contribution in [1.29, 1.82) is 0 Å². The minimum absolute atomic E-state index is 0.125. The third kappa shape index (κ3) is 4.34. The Balaban J connectivity index is 1.68.